The Hall–Kier alpha value is -1.71. The summed E-state index contributed by atoms with van der Waals surface area (Å²) in [5, 5.41) is 6.12. The van der Waals surface area contributed by atoms with Gasteiger partial charge in [-0.3, -0.25) is 0 Å². The molecular formula is C19H28N2O2. The Kier molecular flexibility index (Phi) is 5.09. The molecule has 4 atom stereocenters. The quantitative estimate of drug-likeness (QED) is 0.845. The molecule has 4 unspecified atom stereocenters. The SMILES string of the molecule is COc1ccc(CCNC(=O)NC(C)C2CC3CCC2C3)cc1. The lowest BCUT2D eigenvalue weighted by Gasteiger charge is -2.28. The molecular weight excluding hydrogens is 288 g/mol. The Bertz CT molecular complexity index is 529. The van der Waals surface area contributed by atoms with Gasteiger partial charge < -0.3 is 15.4 Å². The van der Waals surface area contributed by atoms with E-state index in [0.29, 0.717) is 12.5 Å². The minimum atomic E-state index is -0.0335. The third-order valence-electron chi connectivity index (χ3n) is 5.65. The molecule has 2 aliphatic rings. The van der Waals surface area contributed by atoms with E-state index in [4.69, 9.17) is 4.74 Å². The maximum Gasteiger partial charge on any atom is 0.315 e. The number of hydrogen-bond acceptors (Lipinski definition) is 2. The summed E-state index contributed by atoms with van der Waals surface area (Å²) < 4.78 is 5.15. The van der Waals surface area contributed by atoms with Gasteiger partial charge in [0, 0.05) is 12.6 Å². The van der Waals surface area contributed by atoms with Crippen molar-refractivity contribution in [3.8, 4) is 5.75 Å². The van der Waals surface area contributed by atoms with E-state index in [9.17, 15) is 4.79 Å². The van der Waals surface area contributed by atoms with E-state index >= 15 is 0 Å². The Morgan fingerprint density at radius 2 is 2.04 bits per heavy atom. The predicted octanol–water partition coefficient (Wildman–Crippen LogP) is 3.36. The molecule has 23 heavy (non-hydrogen) atoms. The minimum absolute atomic E-state index is 0.0335. The Labute approximate surface area is 139 Å². The van der Waals surface area contributed by atoms with Crippen LogP contribution in [0.5, 0.6) is 5.75 Å². The molecule has 126 valence electrons. The molecule has 0 aliphatic heterocycles. The summed E-state index contributed by atoms with van der Waals surface area (Å²) in [7, 11) is 1.66. The molecule has 2 amide bonds. The van der Waals surface area contributed by atoms with Crippen molar-refractivity contribution < 1.29 is 9.53 Å². The maximum absolute atomic E-state index is 12.1. The summed E-state index contributed by atoms with van der Waals surface area (Å²) >= 11 is 0. The average Bonchev–Trinajstić information content (AvgIpc) is 3.18. The van der Waals surface area contributed by atoms with E-state index in [1.165, 1.54) is 31.2 Å². The number of ether oxygens (including phenoxy) is 1. The zero-order valence-electron chi connectivity index (χ0n) is 14.2. The van der Waals surface area contributed by atoms with Crippen molar-refractivity contribution in [3.05, 3.63) is 29.8 Å². The fraction of sp³-hybridized carbons (Fsp3) is 0.632. The number of methoxy groups -OCH3 is 1. The molecule has 2 saturated carbocycles. The molecule has 1 aromatic rings. The highest BCUT2D eigenvalue weighted by molar-refractivity contribution is 5.74. The number of nitrogens with one attached hydrogen (secondary N) is 2. The van der Waals surface area contributed by atoms with E-state index in [-0.39, 0.29) is 12.1 Å². The molecule has 3 rings (SSSR count). The average molecular weight is 316 g/mol. The van der Waals surface area contributed by atoms with Crippen molar-refractivity contribution >= 4 is 6.03 Å². The Morgan fingerprint density at radius 3 is 2.65 bits per heavy atom. The highest BCUT2D eigenvalue weighted by atomic mass is 16.5. The third-order valence-corrected chi connectivity index (χ3v) is 5.65. The summed E-state index contributed by atoms with van der Waals surface area (Å²) in [6, 6.07) is 8.23. The fourth-order valence-corrected chi connectivity index (χ4v) is 4.38. The van der Waals surface area contributed by atoms with Gasteiger partial charge in [0.25, 0.3) is 0 Å². The molecule has 2 fully saturated rings. The monoisotopic (exact) mass is 316 g/mol. The molecule has 0 heterocycles. The van der Waals surface area contributed by atoms with E-state index in [1.807, 2.05) is 24.3 Å². The van der Waals surface area contributed by atoms with Crippen molar-refractivity contribution in [2.45, 2.75) is 45.1 Å². The van der Waals surface area contributed by atoms with Crippen molar-refractivity contribution in [3.63, 3.8) is 0 Å². The lowest BCUT2D eigenvalue weighted by atomic mass is 9.84. The zero-order chi connectivity index (χ0) is 16.2. The van der Waals surface area contributed by atoms with Crippen LogP contribution < -0.4 is 15.4 Å². The van der Waals surface area contributed by atoms with Gasteiger partial charge in [0.05, 0.1) is 7.11 Å². The summed E-state index contributed by atoms with van der Waals surface area (Å²) in [6.45, 7) is 2.82. The normalized spacial score (nSPS) is 26.8. The van der Waals surface area contributed by atoms with E-state index in [1.54, 1.807) is 7.11 Å². The first-order valence-electron chi connectivity index (χ1n) is 8.83. The number of fused-ring (bicyclic) bond motifs is 2. The Balaban J connectivity index is 1.37. The van der Waals surface area contributed by atoms with Gasteiger partial charge in [-0.05, 0) is 68.1 Å². The molecule has 2 N–H and O–H groups in total. The standard InChI is InChI=1S/C19H28N2O2/c1-13(18-12-15-3-6-16(18)11-15)21-19(22)20-10-9-14-4-7-17(23-2)8-5-14/h4-5,7-8,13,15-16,18H,3,6,9-12H2,1-2H3,(H2,20,21,22). The summed E-state index contributed by atoms with van der Waals surface area (Å²) in [6.07, 6.45) is 6.29. The first-order chi connectivity index (χ1) is 11.2. The van der Waals surface area contributed by atoms with Crippen LogP contribution in [0.3, 0.4) is 0 Å². The van der Waals surface area contributed by atoms with Crippen LogP contribution in [0.4, 0.5) is 4.79 Å². The number of amides is 2. The summed E-state index contributed by atoms with van der Waals surface area (Å²) in [5.41, 5.74) is 1.20. The second kappa shape index (κ2) is 7.24. The number of carbonyl (C=O) groups is 1. The van der Waals surface area contributed by atoms with Crippen molar-refractivity contribution in [2.75, 3.05) is 13.7 Å². The number of urea groups is 1. The van der Waals surface area contributed by atoms with Crippen LogP contribution in [0.2, 0.25) is 0 Å². The molecule has 4 nitrogen and oxygen atoms in total. The van der Waals surface area contributed by atoms with Gasteiger partial charge in [-0.25, -0.2) is 4.79 Å². The van der Waals surface area contributed by atoms with Crippen LogP contribution in [-0.4, -0.2) is 25.7 Å². The lowest BCUT2D eigenvalue weighted by Crippen LogP contribution is -2.45. The first kappa shape index (κ1) is 16.2. The maximum atomic E-state index is 12.1. The minimum Gasteiger partial charge on any atom is -0.497 e. The topological polar surface area (TPSA) is 50.4 Å². The molecule has 0 saturated heterocycles. The second-order valence-corrected chi connectivity index (χ2v) is 7.13. The summed E-state index contributed by atoms with van der Waals surface area (Å²) in [5.74, 6) is 3.31. The second-order valence-electron chi connectivity index (χ2n) is 7.13. The van der Waals surface area contributed by atoms with Gasteiger partial charge in [0.1, 0.15) is 5.75 Å². The molecule has 1 aromatic carbocycles. The van der Waals surface area contributed by atoms with Gasteiger partial charge in [-0.2, -0.15) is 0 Å². The van der Waals surface area contributed by atoms with Crippen LogP contribution in [0, 0.1) is 17.8 Å². The van der Waals surface area contributed by atoms with Crippen LogP contribution >= 0.6 is 0 Å². The van der Waals surface area contributed by atoms with Gasteiger partial charge in [-0.1, -0.05) is 18.6 Å². The van der Waals surface area contributed by atoms with Gasteiger partial charge in [0.2, 0.25) is 0 Å². The molecule has 4 heteroatoms. The van der Waals surface area contributed by atoms with E-state index < -0.39 is 0 Å². The van der Waals surface area contributed by atoms with Gasteiger partial charge >= 0.3 is 6.03 Å². The number of benzene rings is 1. The third kappa shape index (κ3) is 3.98. The molecule has 0 radical (unpaired) electrons. The summed E-state index contributed by atoms with van der Waals surface area (Å²) in [4.78, 5) is 12.1. The van der Waals surface area contributed by atoms with Gasteiger partial charge in [0.15, 0.2) is 0 Å². The smallest absolute Gasteiger partial charge is 0.315 e. The molecule has 0 spiro atoms. The van der Waals surface area contributed by atoms with Crippen molar-refractivity contribution in [2.24, 2.45) is 17.8 Å². The van der Waals surface area contributed by atoms with Gasteiger partial charge in [-0.15, -0.1) is 0 Å². The van der Waals surface area contributed by atoms with Crippen LogP contribution in [0.15, 0.2) is 24.3 Å². The highest BCUT2D eigenvalue weighted by Gasteiger charge is 2.42. The van der Waals surface area contributed by atoms with Crippen molar-refractivity contribution in [1.29, 1.82) is 0 Å². The predicted molar refractivity (Wildman–Crippen MR) is 91.6 cm³/mol. The molecule has 0 aromatic heterocycles. The number of hydrogen-bond donors (Lipinski definition) is 2. The fourth-order valence-electron chi connectivity index (χ4n) is 4.38. The lowest BCUT2D eigenvalue weighted by molar-refractivity contribution is 0.220. The van der Waals surface area contributed by atoms with Crippen LogP contribution in [-0.2, 0) is 6.42 Å². The van der Waals surface area contributed by atoms with Crippen LogP contribution in [0.25, 0.3) is 0 Å². The van der Waals surface area contributed by atoms with Crippen LogP contribution in [0.1, 0.15) is 38.2 Å². The van der Waals surface area contributed by atoms with E-state index in [0.717, 1.165) is 24.0 Å². The number of rotatable bonds is 6. The largest absolute Gasteiger partial charge is 0.497 e. The highest BCUT2D eigenvalue weighted by Crippen LogP contribution is 2.49. The number of carbonyl (C=O) groups excluding carboxylic acids is 1. The Morgan fingerprint density at radius 1 is 1.26 bits per heavy atom. The van der Waals surface area contributed by atoms with E-state index in [2.05, 4.69) is 17.6 Å². The zero-order valence-corrected chi connectivity index (χ0v) is 14.2. The molecule has 2 bridgehead atoms. The van der Waals surface area contributed by atoms with Crippen molar-refractivity contribution in [1.82, 2.24) is 10.6 Å². The molecule has 2 aliphatic carbocycles. The first-order valence-corrected chi connectivity index (χ1v) is 8.83.